The lowest BCUT2D eigenvalue weighted by Crippen LogP contribution is -2.24. The van der Waals surface area contributed by atoms with Gasteiger partial charge in [0, 0.05) is 15.6 Å². The Morgan fingerprint density at radius 3 is 2.48 bits per heavy atom. The zero-order valence-corrected chi connectivity index (χ0v) is 16.5. The topological polar surface area (TPSA) is 58.2 Å². The summed E-state index contributed by atoms with van der Waals surface area (Å²) in [4.78, 5) is 25.5. The minimum Gasteiger partial charge on any atom is -0.351 e. The van der Waals surface area contributed by atoms with Gasteiger partial charge in [-0.25, -0.2) is 0 Å². The molecule has 2 N–H and O–H groups in total. The van der Waals surface area contributed by atoms with Crippen molar-refractivity contribution in [3.05, 3.63) is 86.0 Å². The number of nitrogens with one attached hydrogen (secondary N) is 2. The molecule has 138 valence electrons. The fourth-order valence-electron chi connectivity index (χ4n) is 2.42. The van der Waals surface area contributed by atoms with Crippen LogP contribution in [0.25, 0.3) is 0 Å². The van der Waals surface area contributed by atoms with Gasteiger partial charge >= 0.3 is 0 Å². The van der Waals surface area contributed by atoms with E-state index in [1.165, 1.54) is 6.07 Å². The van der Waals surface area contributed by atoms with Gasteiger partial charge in [-0.15, -0.1) is 11.3 Å². The van der Waals surface area contributed by atoms with Crippen molar-refractivity contribution in [2.75, 3.05) is 5.32 Å². The molecule has 3 rings (SSSR count). The van der Waals surface area contributed by atoms with Crippen LogP contribution in [0.1, 0.15) is 20.8 Å². The van der Waals surface area contributed by atoms with Gasteiger partial charge < -0.3 is 10.6 Å². The van der Waals surface area contributed by atoms with Crippen LogP contribution in [-0.4, -0.2) is 11.8 Å². The third-order valence-electron chi connectivity index (χ3n) is 3.79. The van der Waals surface area contributed by atoms with E-state index in [0.717, 1.165) is 10.4 Å². The van der Waals surface area contributed by atoms with E-state index in [1.54, 1.807) is 47.7 Å². The van der Waals surface area contributed by atoms with Crippen molar-refractivity contribution >= 4 is 52.0 Å². The number of thiophene rings is 1. The summed E-state index contributed by atoms with van der Waals surface area (Å²) < 4.78 is 0. The number of benzene rings is 2. The Morgan fingerprint density at radius 1 is 1.00 bits per heavy atom. The number of hydrogen-bond acceptors (Lipinski definition) is 3. The van der Waals surface area contributed by atoms with Gasteiger partial charge in [-0.3, -0.25) is 9.59 Å². The molecule has 0 atom stereocenters. The minimum absolute atomic E-state index is 0.0501. The molecular formula is C20H16Cl2N2O2S. The second-order valence-electron chi connectivity index (χ2n) is 5.81. The molecule has 27 heavy (non-hydrogen) atoms. The lowest BCUT2D eigenvalue weighted by Gasteiger charge is -2.08. The Labute approximate surface area is 171 Å². The fraction of sp³-hybridized carbons (Fsp3) is 0.100. The first kappa shape index (κ1) is 19.4. The van der Waals surface area contributed by atoms with Gasteiger partial charge in [0.05, 0.1) is 23.6 Å². The molecule has 0 fully saturated rings. The van der Waals surface area contributed by atoms with Crippen molar-refractivity contribution in [2.45, 2.75) is 13.0 Å². The van der Waals surface area contributed by atoms with E-state index in [-0.39, 0.29) is 18.2 Å². The molecule has 4 nitrogen and oxygen atoms in total. The van der Waals surface area contributed by atoms with E-state index in [4.69, 9.17) is 23.2 Å². The van der Waals surface area contributed by atoms with Crippen molar-refractivity contribution in [3.63, 3.8) is 0 Å². The zero-order valence-electron chi connectivity index (χ0n) is 14.2. The largest absolute Gasteiger partial charge is 0.351 e. The number of rotatable bonds is 6. The van der Waals surface area contributed by atoms with Crippen molar-refractivity contribution in [1.29, 1.82) is 0 Å². The average Bonchev–Trinajstić information content (AvgIpc) is 3.17. The van der Waals surface area contributed by atoms with Crippen LogP contribution in [0.3, 0.4) is 0 Å². The number of anilines is 1. The van der Waals surface area contributed by atoms with Crippen LogP contribution in [0.2, 0.25) is 10.0 Å². The molecule has 0 aliphatic carbocycles. The Hall–Kier alpha value is -2.34. The Balaban J connectivity index is 1.56. The van der Waals surface area contributed by atoms with Gasteiger partial charge in [0.25, 0.3) is 5.91 Å². The molecule has 1 aromatic heterocycles. The zero-order chi connectivity index (χ0) is 19.2. The maximum atomic E-state index is 12.3. The molecule has 0 aliphatic heterocycles. The first-order valence-corrected chi connectivity index (χ1v) is 9.79. The van der Waals surface area contributed by atoms with Crippen molar-refractivity contribution < 1.29 is 9.59 Å². The van der Waals surface area contributed by atoms with Gasteiger partial charge in [-0.2, -0.15) is 0 Å². The summed E-state index contributed by atoms with van der Waals surface area (Å²) in [5, 5.41) is 8.40. The molecule has 0 unspecified atom stereocenters. The molecule has 0 saturated carbocycles. The number of amides is 2. The third kappa shape index (κ3) is 5.57. The van der Waals surface area contributed by atoms with Crippen LogP contribution in [0.4, 0.5) is 5.69 Å². The molecule has 1 heterocycles. The number of hydrogen-bond donors (Lipinski definition) is 2. The normalized spacial score (nSPS) is 10.4. The highest BCUT2D eigenvalue weighted by molar-refractivity contribution is 7.09. The third-order valence-corrected chi connectivity index (χ3v) is 5.23. The standard InChI is InChI=1S/C20H16Cl2N2O2S/c21-14-5-8-18(22)17(11-14)20(26)24-15-6-3-13(4-7-15)10-19(25)23-12-16-2-1-9-27-16/h1-9,11H,10,12H2,(H,23,25)(H,24,26). The van der Waals surface area contributed by atoms with E-state index in [9.17, 15) is 9.59 Å². The quantitative estimate of drug-likeness (QED) is 0.580. The predicted octanol–water partition coefficient (Wildman–Crippen LogP) is 5.17. The SMILES string of the molecule is O=C(Cc1ccc(NC(=O)c2cc(Cl)ccc2Cl)cc1)NCc1cccs1. The maximum Gasteiger partial charge on any atom is 0.257 e. The van der Waals surface area contributed by atoms with Crippen LogP contribution >= 0.6 is 34.5 Å². The first-order chi connectivity index (χ1) is 13.0. The number of halogens is 2. The van der Waals surface area contributed by atoms with E-state index < -0.39 is 0 Å². The lowest BCUT2D eigenvalue weighted by atomic mass is 10.1. The van der Waals surface area contributed by atoms with Crippen LogP contribution in [0.5, 0.6) is 0 Å². The van der Waals surface area contributed by atoms with Gasteiger partial charge in [-0.1, -0.05) is 41.4 Å². The monoisotopic (exact) mass is 418 g/mol. The highest BCUT2D eigenvalue weighted by Gasteiger charge is 2.11. The van der Waals surface area contributed by atoms with E-state index in [2.05, 4.69) is 10.6 Å². The second kappa shape index (κ2) is 9.04. The van der Waals surface area contributed by atoms with Crippen LogP contribution in [0, 0.1) is 0 Å². The van der Waals surface area contributed by atoms with Gasteiger partial charge in [-0.05, 0) is 47.3 Å². The molecule has 0 bridgehead atoms. The van der Waals surface area contributed by atoms with E-state index >= 15 is 0 Å². The van der Waals surface area contributed by atoms with E-state index in [0.29, 0.717) is 27.8 Å². The number of carbonyl (C=O) groups is 2. The van der Waals surface area contributed by atoms with Crippen LogP contribution in [0.15, 0.2) is 60.0 Å². The highest BCUT2D eigenvalue weighted by atomic mass is 35.5. The predicted molar refractivity (Wildman–Crippen MR) is 111 cm³/mol. The minimum atomic E-state index is -0.344. The Morgan fingerprint density at radius 2 is 1.78 bits per heavy atom. The summed E-state index contributed by atoms with van der Waals surface area (Å²) in [6, 6.07) is 15.8. The average molecular weight is 419 g/mol. The fourth-order valence-corrected chi connectivity index (χ4v) is 3.44. The van der Waals surface area contributed by atoms with Gasteiger partial charge in [0.2, 0.25) is 5.91 Å². The van der Waals surface area contributed by atoms with Gasteiger partial charge in [0.15, 0.2) is 0 Å². The molecule has 2 aromatic carbocycles. The number of carbonyl (C=O) groups excluding carboxylic acids is 2. The maximum absolute atomic E-state index is 12.3. The molecule has 0 spiro atoms. The molecular weight excluding hydrogens is 403 g/mol. The summed E-state index contributed by atoms with van der Waals surface area (Å²) in [5.74, 6) is -0.394. The highest BCUT2D eigenvalue weighted by Crippen LogP contribution is 2.22. The summed E-state index contributed by atoms with van der Waals surface area (Å²) in [5.41, 5.74) is 1.78. The summed E-state index contributed by atoms with van der Waals surface area (Å²) in [7, 11) is 0. The molecule has 0 radical (unpaired) electrons. The van der Waals surface area contributed by atoms with Crippen LogP contribution < -0.4 is 10.6 Å². The second-order valence-corrected chi connectivity index (χ2v) is 7.68. The molecule has 2 amide bonds. The smallest absolute Gasteiger partial charge is 0.257 e. The molecule has 0 saturated heterocycles. The summed E-state index contributed by atoms with van der Waals surface area (Å²) >= 11 is 13.6. The van der Waals surface area contributed by atoms with Crippen LogP contribution in [-0.2, 0) is 17.8 Å². The Bertz CT molecular complexity index is 941. The summed E-state index contributed by atoms with van der Waals surface area (Å²) in [6.45, 7) is 0.533. The van der Waals surface area contributed by atoms with Crippen molar-refractivity contribution in [3.8, 4) is 0 Å². The van der Waals surface area contributed by atoms with E-state index in [1.807, 2.05) is 17.5 Å². The van der Waals surface area contributed by atoms with Crippen molar-refractivity contribution in [1.82, 2.24) is 5.32 Å². The molecule has 0 aliphatic rings. The summed E-state index contributed by atoms with van der Waals surface area (Å²) in [6.07, 6.45) is 0.278. The molecule has 3 aromatic rings. The van der Waals surface area contributed by atoms with Gasteiger partial charge in [0.1, 0.15) is 0 Å². The van der Waals surface area contributed by atoms with Crippen molar-refractivity contribution in [2.24, 2.45) is 0 Å². The molecule has 7 heteroatoms. The lowest BCUT2D eigenvalue weighted by molar-refractivity contribution is -0.120. The Kier molecular flexibility index (Phi) is 6.50. The first-order valence-electron chi connectivity index (χ1n) is 8.15.